The molecule has 39 heavy (non-hydrogen) atoms. The van der Waals surface area contributed by atoms with Crippen molar-refractivity contribution < 1.29 is 33.8 Å². The summed E-state index contributed by atoms with van der Waals surface area (Å²) in [5.41, 5.74) is 2.16. The van der Waals surface area contributed by atoms with E-state index in [4.69, 9.17) is 9.47 Å². The van der Waals surface area contributed by atoms with E-state index in [0.29, 0.717) is 21.2 Å². The maximum absolute atomic E-state index is 13.3. The Balaban J connectivity index is 1.43. The fourth-order valence-electron chi connectivity index (χ4n) is 4.76. The van der Waals surface area contributed by atoms with Crippen molar-refractivity contribution in [3.8, 4) is 11.5 Å². The van der Waals surface area contributed by atoms with Crippen molar-refractivity contribution in [1.82, 2.24) is 9.88 Å². The van der Waals surface area contributed by atoms with Crippen LogP contribution in [0.15, 0.2) is 52.3 Å². The maximum Gasteiger partial charge on any atom is 0.323 e. The predicted molar refractivity (Wildman–Crippen MR) is 143 cm³/mol. The smallest absolute Gasteiger partial charge is 0.323 e. The largest absolute Gasteiger partial charge is 0.493 e. The third kappa shape index (κ3) is 5.02. The van der Waals surface area contributed by atoms with Crippen LogP contribution in [0.2, 0.25) is 0 Å². The summed E-state index contributed by atoms with van der Waals surface area (Å²) in [6.45, 7) is 0.862. The third-order valence-corrected chi connectivity index (χ3v) is 8.93. The summed E-state index contributed by atoms with van der Waals surface area (Å²) in [4.78, 5) is 66.0. The summed E-state index contributed by atoms with van der Waals surface area (Å²) in [5, 5.41) is 11.6. The highest BCUT2D eigenvalue weighted by Gasteiger charge is 2.56. The summed E-state index contributed by atoms with van der Waals surface area (Å²) >= 11 is 2.00. The molecule has 0 radical (unpaired) electrons. The van der Waals surface area contributed by atoms with E-state index in [1.807, 2.05) is 25.1 Å². The molecule has 1 aromatic heterocycles. The van der Waals surface area contributed by atoms with Crippen LogP contribution in [0.4, 0.5) is 5.69 Å². The number of aromatic amines is 1. The number of aryl methyl sites for hydroxylation is 1. The number of nitrogens with one attached hydrogen (secondary N) is 2. The van der Waals surface area contributed by atoms with Gasteiger partial charge in [-0.2, -0.15) is 0 Å². The molecule has 1 fully saturated rings. The van der Waals surface area contributed by atoms with Crippen LogP contribution in [0.5, 0.6) is 11.5 Å². The molecule has 5 rings (SSSR count). The van der Waals surface area contributed by atoms with E-state index < -0.39 is 41.4 Å². The number of rotatable bonds is 8. The molecule has 1 saturated heterocycles. The van der Waals surface area contributed by atoms with Crippen LogP contribution in [0.3, 0.4) is 0 Å². The highest BCUT2D eigenvalue weighted by atomic mass is 32.2. The first-order valence-electron chi connectivity index (χ1n) is 11.8. The maximum atomic E-state index is 13.3. The molecule has 3 N–H and O–H groups in total. The minimum Gasteiger partial charge on any atom is -0.493 e. The van der Waals surface area contributed by atoms with Crippen LogP contribution in [0, 0.1) is 12.8 Å². The van der Waals surface area contributed by atoms with Gasteiger partial charge in [0.15, 0.2) is 18.1 Å². The number of thioether (sulfide) groups is 1. The second-order valence-corrected chi connectivity index (χ2v) is 11.1. The molecule has 0 bridgehead atoms. The summed E-state index contributed by atoms with van der Waals surface area (Å²) in [5.74, 6) is -3.90. The molecule has 0 spiro atoms. The van der Waals surface area contributed by atoms with E-state index in [9.17, 15) is 29.1 Å². The Kier molecular flexibility index (Phi) is 7.19. The summed E-state index contributed by atoms with van der Waals surface area (Å²) in [6, 6.07) is 12.3. The molecule has 0 saturated carbocycles. The monoisotopic (exact) mass is 569 g/mol. The van der Waals surface area contributed by atoms with Gasteiger partial charge in [-0.25, -0.2) is 0 Å². The summed E-state index contributed by atoms with van der Waals surface area (Å²) in [6.07, 6.45) is 0. The molecular formula is C26H23N3O8S2. The molecule has 11 nitrogen and oxygen atoms in total. The van der Waals surface area contributed by atoms with E-state index in [-0.39, 0.29) is 28.9 Å². The number of anilines is 1. The number of carbonyl (C=O) groups excluding carboxylic acids is 3. The molecule has 0 aliphatic carbocycles. The molecule has 3 aromatic rings. The number of carbonyl (C=O) groups is 4. The lowest BCUT2D eigenvalue weighted by Crippen LogP contribution is -2.36. The number of benzene rings is 2. The number of para-hydroxylation sites is 1. The zero-order valence-electron chi connectivity index (χ0n) is 20.8. The van der Waals surface area contributed by atoms with Gasteiger partial charge in [0, 0.05) is 16.5 Å². The van der Waals surface area contributed by atoms with Gasteiger partial charge >= 0.3 is 10.8 Å². The van der Waals surface area contributed by atoms with Crippen LogP contribution >= 0.6 is 23.1 Å². The van der Waals surface area contributed by atoms with Gasteiger partial charge in [0.1, 0.15) is 11.8 Å². The topological polar surface area (TPSA) is 155 Å². The number of aromatic nitrogens is 1. The number of methoxy groups -OCH3 is 1. The second kappa shape index (κ2) is 10.6. The van der Waals surface area contributed by atoms with Crippen molar-refractivity contribution in [3.63, 3.8) is 0 Å². The van der Waals surface area contributed by atoms with Crippen LogP contribution in [0.1, 0.15) is 21.9 Å². The van der Waals surface area contributed by atoms with E-state index in [0.717, 1.165) is 33.6 Å². The van der Waals surface area contributed by atoms with Crippen molar-refractivity contribution in [3.05, 3.63) is 68.1 Å². The predicted octanol–water partition coefficient (Wildman–Crippen LogP) is 2.45. The fourth-order valence-corrected chi connectivity index (χ4v) is 7.30. The van der Waals surface area contributed by atoms with Crippen molar-refractivity contribution in [2.75, 3.05) is 25.6 Å². The number of H-pyrrole nitrogens is 1. The zero-order chi connectivity index (χ0) is 27.8. The van der Waals surface area contributed by atoms with E-state index >= 15 is 0 Å². The number of nitrogens with zero attached hydrogens (tertiary/aromatic N) is 1. The van der Waals surface area contributed by atoms with E-state index in [2.05, 4.69) is 10.3 Å². The zero-order valence-corrected chi connectivity index (χ0v) is 22.4. The van der Waals surface area contributed by atoms with Crippen molar-refractivity contribution in [2.45, 2.75) is 23.1 Å². The number of carboxylic acids is 1. The van der Waals surface area contributed by atoms with Crippen molar-refractivity contribution >= 4 is 52.5 Å². The molecule has 3 atom stereocenters. The number of hydrogen-bond donors (Lipinski definition) is 3. The van der Waals surface area contributed by atoms with Crippen LogP contribution in [0.25, 0.3) is 0 Å². The van der Waals surface area contributed by atoms with Gasteiger partial charge in [-0.15, -0.1) is 0 Å². The second-order valence-electron chi connectivity index (χ2n) is 8.97. The lowest BCUT2D eigenvalue weighted by Gasteiger charge is -2.30. The SMILES string of the molecule is COc1cc([C@@H]2c3sc(=O)[nH]c3S[C@@H]3C(=O)N(CC(=O)O)C(=O)[C@H]23)ccc1OCC(=O)Nc1ccccc1C. The van der Waals surface area contributed by atoms with Gasteiger partial charge in [-0.1, -0.05) is 47.4 Å². The van der Waals surface area contributed by atoms with Gasteiger partial charge in [0.2, 0.25) is 11.8 Å². The average molecular weight is 570 g/mol. The first kappa shape index (κ1) is 26.5. The Hall–Kier alpha value is -4.10. The Morgan fingerprint density at radius 1 is 1.10 bits per heavy atom. The average Bonchev–Trinajstić information content (AvgIpc) is 3.39. The molecule has 3 heterocycles. The lowest BCUT2D eigenvalue weighted by atomic mass is 9.83. The molecular weight excluding hydrogens is 546 g/mol. The molecule has 3 amide bonds. The Labute approximate surface area is 230 Å². The van der Waals surface area contributed by atoms with Crippen molar-refractivity contribution in [1.29, 1.82) is 0 Å². The first-order valence-corrected chi connectivity index (χ1v) is 13.5. The standard InChI is InChI=1S/C26H23N3O8S2/c1-12-5-3-4-6-14(12)27-17(30)11-37-15-8-7-13(9-16(15)36-2)19-20-22(38-23-21(19)39-26(35)28-23)25(34)29(24(20)33)10-18(31)32/h3-9,19-20,22H,10-11H2,1-2H3,(H,27,30)(H,28,35)(H,31,32)/t19-,20+,22-/m0/s1. The number of imide groups is 1. The lowest BCUT2D eigenvalue weighted by molar-refractivity contribution is -0.149. The van der Waals surface area contributed by atoms with E-state index in [1.165, 1.54) is 7.11 Å². The molecule has 2 aliphatic heterocycles. The number of likely N-dealkylation sites (tertiary alicyclic amines) is 1. The molecule has 0 unspecified atom stereocenters. The summed E-state index contributed by atoms with van der Waals surface area (Å²) in [7, 11) is 1.43. The first-order chi connectivity index (χ1) is 18.7. The van der Waals surface area contributed by atoms with Gasteiger partial charge in [0.25, 0.3) is 5.91 Å². The normalized spacial score (nSPS) is 19.8. The number of hydrogen-bond acceptors (Lipinski definition) is 9. The van der Waals surface area contributed by atoms with Crippen LogP contribution in [-0.4, -0.2) is 64.2 Å². The Bertz CT molecular complexity index is 1550. The molecule has 2 aromatic carbocycles. The number of ether oxygens (including phenoxy) is 2. The van der Waals surface area contributed by atoms with Gasteiger partial charge in [-0.05, 0) is 36.2 Å². The number of fused-ring (bicyclic) bond motifs is 2. The minimum absolute atomic E-state index is 0.282. The number of carboxylic acid groups (broad SMARTS) is 1. The number of aliphatic carboxylic acids is 1. The van der Waals surface area contributed by atoms with Gasteiger partial charge < -0.3 is 24.9 Å². The van der Waals surface area contributed by atoms with Crippen LogP contribution in [-0.2, 0) is 19.2 Å². The number of thiazole rings is 1. The third-order valence-electron chi connectivity index (χ3n) is 6.53. The van der Waals surface area contributed by atoms with Gasteiger partial charge in [0.05, 0.1) is 18.1 Å². The molecule has 202 valence electrons. The quantitative estimate of drug-likeness (QED) is 0.347. The molecule has 2 aliphatic rings. The summed E-state index contributed by atoms with van der Waals surface area (Å²) < 4.78 is 11.2. The Morgan fingerprint density at radius 3 is 2.59 bits per heavy atom. The highest BCUT2D eigenvalue weighted by molar-refractivity contribution is 8.00. The Morgan fingerprint density at radius 2 is 1.87 bits per heavy atom. The van der Waals surface area contributed by atoms with E-state index in [1.54, 1.807) is 24.3 Å². The van der Waals surface area contributed by atoms with Gasteiger partial charge in [-0.3, -0.25) is 28.9 Å². The fraction of sp³-hybridized carbons (Fsp3) is 0.269. The van der Waals surface area contributed by atoms with Crippen LogP contribution < -0.4 is 19.7 Å². The molecule has 13 heteroatoms. The van der Waals surface area contributed by atoms with Crippen molar-refractivity contribution in [2.24, 2.45) is 5.92 Å². The highest BCUT2D eigenvalue weighted by Crippen LogP contribution is 2.53. The minimum atomic E-state index is -1.30. The number of amides is 3.